The van der Waals surface area contributed by atoms with Crippen LogP contribution in [0.15, 0.2) is 70.9 Å². The van der Waals surface area contributed by atoms with Gasteiger partial charge in [0.05, 0.1) is 31.0 Å². The van der Waals surface area contributed by atoms with Gasteiger partial charge in [-0.25, -0.2) is 0 Å². The van der Waals surface area contributed by atoms with Gasteiger partial charge in [0.15, 0.2) is 0 Å². The minimum Gasteiger partial charge on any atom is -0.507 e. The van der Waals surface area contributed by atoms with Crippen molar-refractivity contribution in [2.75, 3.05) is 6.61 Å². The molecule has 7 heteroatoms. The number of aliphatic hydroxyl groups is 1. The number of nitrogens with zero attached hydrogens (tertiary/aromatic N) is 1. The molecule has 1 aromatic heterocycles. The van der Waals surface area contributed by atoms with Crippen LogP contribution in [0.1, 0.15) is 55.7 Å². The Morgan fingerprint density at radius 1 is 1.14 bits per heavy atom. The standard InChI is InChI=1S/C30H31NO6/c1-18(2)11-13-36-23-7-4-6-20(16-23)27-26(29(33)30(34)31(27)17-24-8-5-12-35-24)28(32)21-9-10-25-22(15-21)14-19(3)37-25/h4-10,12,15-16,18-19,27,32H,11,13-14,17H2,1-3H3/t19-,27-/m0/s1. The number of benzene rings is 2. The number of hydrogen-bond donors (Lipinski definition) is 1. The number of carbonyl (C=O) groups excluding carboxylic acids is 2. The summed E-state index contributed by atoms with van der Waals surface area (Å²) in [5, 5.41) is 11.4. The summed E-state index contributed by atoms with van der Waals surface area (Å²) >= 11 is 0. The number of fused-ring (bicyclic) bond motifs is 1. The summed E-state index contributed by atoms with van der Waals surface area (Å²) in [5.74, 6) is 0.830. The molecule has 1 amide bonds. The van der Waals surface area contributed by atoms with E-state index in [1.54, 1.807) is 24.3 Å². The highest BCUT2D eigenvalue weighted by molar-refractivity contribution is 6.46. The summed E-state index contributed by atoms with van der Waals surface area (Å²) in [6, 6.07) is 15.4. The Morgan fingerprint density at radius 3 is 2.73 bits per heavy atom. The molecule has 0 aliphatic carbocycles. The van der Waals surface area contributed by atoms with Gasteiger partial charge in [0, 0.05) is 12.0 Å². The summed E-state index contributed by atoms with van der Waals surface area (Å²) in [7, 11) is 0. The third kappa shape index (κ3) is 4.99. The van der Waals surface area contributed by atoms with Crippen LogP contribution in [0.4, 0.5) is 0 Å². The van der Waals surface area contributed by atoms with Crippen molar-refractivity contribution in [3.63, 3.8) is 0 Å². The average Bonchev–Trinajstić information content (AvgIpc) is 3.58. The van der Waals surface area contributed by atoms with E-state index in [1.807, 2.05) is 37.3 Å². The molecule has 37 heavy (non-hydrogen) atoms. The number of ketones is 1. The van der Waals surface area contributed by atoms with Gasteiger partial charge in [-0.1, -0.05) is 26.0 Å². The smallest absolute Gasteiger partial charge is 0.296 e. The quantitative estimate of drug-likeness (QED) is 0.244. The van der Waals surface area contributed by atoms with Crippen molar-refractivity contribution in [3.8, 4) is 11.5 Å². The highest BCUT2D eigenvalue weighted by Gasteiger charge is 2.46. The first kappa shape index (κ1) is 24.7. The van der Waals surface area contributed by atoms with Gasteiger partial charge in [-0.2, -0.15) is 0 Å². The summed E-state index contributed by atoms with van der Waals surface area (Å²) in [5.41, 5.74) is 2.15. The molecule has 0 spiro atoms. The zero-order valence-corrected chi connectivity index (χ0v) is 21.3. The Bertz CT molecular complexity index is 1340. The molecule has 1 saturated heterocycles. The zero-order chi connectivity index (χ0) is 26.1. The lowest BCUT2D eigenvalue weighted by atomic mass is 9.94. The van der Waals surface area contributed by atoms with Crippen molar-refractivity contribution in [2.45, 2.75) is 52.3 Å². The second kappa shape index (κ2) is 10.2. The molecule has 0 unspecified atom stereocenters. The van der Waals surface area contributed by atoms with E-state index >= 15 is 0 Å². The Labute approximate surface area is 216 Å². The predicted octanol–water partition coefficient (Wildman–Crippen LogP) is 5.65. The van der Waals surface area contributed by atoms with Gasteiger partial charge < -0.3 is 23.9 Å². The number of rotatable bonds is 8. The molecule has 0 saturated carbocycles. The topological polar surface area (TPSA) is 89.2 Å². The minimum absolute atomic E-state index is 0.0443. The first-order valence-electron chi connectivity index (χ1n) is 12.7. The van der Waals surface area contributed by atoms with Crippen LogP contribution < -0.4 is 9.47 Å². The third-order valence-electron chi connectivity index (χ3n) is 6.75. The predicted molar refractivity (Wildman–Crippen MR) is 138 cm³/mol. The van der Waals surface area contributed by atoms with Crippen LogP contribution in [0.25, 0.3) is 5.76 Å². The van der Waals surface area contributed by atoms with Gasteiger partial charge in [-0.3, -0.25) is 9.59 Å². The molecule has 7 nitrogen and oxygen atoms in total. The van der Waals surface area contributed by atoms with Crippen molar-refractivity contribution in [2.24, 2.45) is 5.92 Å². The lowest BCUT2D eigenvalue weighted by molar-refractivity contribution is -0.140. The van der Waals surface area contributed by atoms with Gasteiger partial charge in [0.25, 0.3) is 11.7 Å². The van der Waals surface area contributed by atoms with Crippen molar-refractivity contribution in [1.29, 1.82) is 0 Å². The fourth-order valence-electron chi connectivity index (χ4n) is 4.87. The molecule has 0 bridgehead atoms. The molecule has 1 N–H and O–H groups in total. The van der Waals surface area contributed by atoms with Crippen molar-refractivity contribution < 1.29 is 28.6 Å². The number of aliphatic hydroxyl groups excluding tert-OH is 1. The maximum atomic E-state index is 13.4. The van der Waals surface area contributed by atoms with Gasteiger partial charge in [0.2, 0.25) is 0 Å². The van der Waals surface area contributed by atoms with E-state index in [2.05, 4.69) is 13.8 Å². The van der Waals surface area contributed by atoms with Crippen LogP contribution in [0.5, 0.6) is 11.5 Å². The van der Waals surface area contributed by atoms with E-state index in [1.165, 1.54) is 11.2 Å². The first-order chi connectivity index (χ1) is 17.8. The van der Waals surface area contributed by atoms with Crippen LogP contribution in [0.2, 0.25) is 0 Å². The average molecular weight is 502 g/mol. The van der Waals surface area contributed by atoms with Gasteiger partial charge in [-0.05, 0) is 72.9 Å². The summed E-state index contributed by atoms with van der Waals surface area (Å²) in [4.78, 5) is 28.1. The molecule has 5 rings (SSSR count). The molecular weight excluding hydrogens is 470 g/mol. The molecule has 2 aliphatic rings. The monoisotopic (exact) mass is 501 g/mol. The molecular formula is C30H31NO6. The number of ether oxygens (including phenoxy) is 2. The SMILES string of the molecule is CC(C)CCOc1cccc([C@H]2C(=C(O)c3ccc4c(c3)C[C@H](C)O4)C(=O)C(=O)N2Cc2ccco2)c1. The first-order valence-corrected chi connectivity index (χ1v) is 12.7. The highest BCUT2D eigenvalue weighted by Crippen LogP contribution is 2.42. The van der Waals surface area contributed by atoms with E-state index in [0.717, 1.165) is 17.7 Å². The third-order valence-corrected chi connectivity index (χ3v) is 6.75. The van der Waals surface area contributed by atoms with E-state index in [4.69, 9.17) is 13.9 Å². The molecule has 2 aromatic carbocycles. The second-order valence-corrected chi connectivity index (χ2v) is 10.1. The molecule has 0 radical (unpaired) electrons. The largest absolute Gasteiger partial charge is 0.507 e. The fraction of sp³-hybridized carbons (Fsp3) is 0.333. The molecule has 3 aromatic rings. The van der Waals surface area contributed by atoms with Crippen LogP contribution in [-0.4, -0.2) is 34.4 Å². The normalized spacial score (nSPS) is 20.4. The summed E-state index contributed by atoms with van der Waals surface area (Å²) in [6.45, 7) is 6.90. The van der Waals surface area contributed by atoms with Crippen LogP contribution in [-0.2, 0) is 22.6 Å². The van der Waals surface area contributed by atoms with Crippen molar-refractivity contribution in [1.82, 2.24) is 4.90 Å². The number of likely N-dealkylation sites (tertiary alicyclic amines) is 1. The van der Waals surface area contributed by atoms with Gasteiger partial charge >= 0.3 is 0 Å². The number of Topliss-reactive ketones (excluding diaryl/α,β-unsaturated/α-hetero) is 1. The number of hydrogen-bond acceptors (Lipinski definition) is 6. The van der Waals surface area contributed by atoms with Gasteiger partial charge in [-0.15, -0.1) is 0 Å². The van der Waals surface area contributed by atoms with Crippen molar-refractivity contribution >= 4 is 17.4 Å². The van der Waals surface area contributed by atoms with Gasteiger partial charge in [0.1, 0.15) is 29.1 Å². The molecule has 3 heterocycles. The number of furan rings is 1. The maximum Gasteiger partial charge on any atom is 0.296 e. The van der Waals surface area contributed by atoms with Crippen LogP contribution >= 0.6 is 0 Å². The summed E-state index contributed by atoms with van der Waals surface area (Å²) < 4.78 is 17.2. The second-order valence-electron chi connectivity index (χ2n) is 10.1. The zero-order valence-electron chi connectivity index (χ0n) is 21.3. The molecule has 1 fully saturated rings. The number of carbonyl (C=O) groups is 2. The lowest BCUT2D eigenvalue weighted by Gasteiger charge is -2.25. The van der Waals surface area contributed by atoms with E-state index in [-0.39, 0.29) is 24.0 Å². The van der Waals surface area contributed by atoms with Crippen LogP contribution in [0, 0.1) is 5.92 Å². The Morgan fingerprint density at radius 2 is 1.97 bits per heavy atom. The van der Waals surface area contributed by atoms with E-state index in [0.29, 0.717) is 41.6 Å². The Hall–Kier alpha value is -4.00. The van der Waals surface area contributed by atoms with Crippen LogP contribution in [0.3, 0.4) is 0 Å². The van der Waals surface area contributed by atoms with Crippen molar-refractivity contribution in [3.05, 3.63) is 88.9 Å². The summed E-state index contributed by atoms with van der Waals surface area (Å²) in [6.07, 6.45) is 3.19. The minimum atomic E-state index is -0.804. The lowest BCUT2D eigenvalue weighted by Crippen LogP contribution is -2.29. The molecule has 2 aliphatic heterocycles. The van der Waals surface area contributed by atoms with E-state index < -0.39 is 17.7 Å². The maximum absolute atomic E-state index is 13.4. The molecule has 192 valence electrons. The highest BCUT2D eigenvalue weighted by atomic mass is 16.5. The Kier molecular flexibility index (Phi) is 6.78. The van der Waals surface area contributed by atoms with E-state index in [9.17, 15) is 14.7 Å². The number of amides is 1. The fourth-order valence-corrected chi connectivity index (χ4v) is 4.87. The Balaban J connectivity index is 1.57. The molecule has 2 atom stereocenters.